The van der Waals surface area contributed by atoms with Gasteiger partial charge in [0.05, 0.1) is 5.69 Å². The molecule has 13 heavy (non-hydrogen) atoms. The first-order valence-electron chi connectivity index (χ1n) is 4.14. The Morgan fingerprint density at radius 1 is 1.38 bits per heavy atom. The smallest absolute Gasteiger partial charge is 0.0523 e. The van der Waals surface area contributed by atoms with Crippen LogP contribution in [0.15, 0.2) is 22.7 Å². The summed E-state index contributed by atoms with van der Waals surface area (Å²) >= 11 is 3.54. The minimum atomic E-state index is 0. The lowest BCUT2D eigenvalue weighted by Crippen LogP contribution is -2.18. The summed E-state index contributed by atoms with van der Waals surface area (Å²) < 4.78 is 1.17. The van der Waals surface area contributed by atoms with Gasteiger partial charge in [-0.1, -0.05) is 26.0 Å². The Balaban J connectivity index is 0.000000845. The van der Waals surface area contributed by atoms with Crippen LogP contribution in [-0.4, -0.2) is 6.54 Å². The van der Waals surface area contributed by atoms with Crippen molar-refractivity contribution in [1.82, 2.24) is 0 Å². The van der Waals surface area contributed by atoms with Gasteiger partial charge in [0.15, 0.2) is 0 Å². The fourth-order valence-electron chi connectivity index (χ4n) is 1.67. The molecule has 0 fully saturated rings. The van der Waals surface area contributed by atoms with E-state index >= 15 is 0 Å². The quantitative estimate of drug-likeness (QED) is 0.754. The molecule has 0 aliphatic carbocycles. The minimum absolute atomic E-state index is 0. The number of benzene rings is 1. The van der Waals surface area contributed by atoms with E-state index in [0.29, 0.717) is 0 Å². The molecule has 1 aliphatic heterocycles. The summed E-state index contributed by atoms with van der Waals surface area (Å²) in [6.45, 7) is 5.56. The first kappa shape index (κ1) is 10.9. The number of rotatable bonds is 0. The molecule has 0 bridgehead atoms. The molecule has 0 spiro atoms. The second-order valence-electron chi connectivity index (χ2n) is 3.90. The molecule has 1 N–H and O–H groups in total. The van der Waals surface area contributed by atoms with Crippen LogP contribution in [0.3, 0.4) is 0 Å². The Kier molecular flexibility index (Phi) is 2.93. The molecule has 0 saturated heterocycles. The van der Waals surface area contributed by atoms with Crippen molar-refractivity contribution in [2.45, 2.75) is 19.3 Å². The fourth-order valence-corrected chi connectivity index (χ4v) is 2.18. The highest BCUT2D eigenvalue weighted by Crippen LogP contribution is 2.40. The summed E-state index contributed by atoms with van der Waals surface area (Å²) in [5, 5.41) is 3.41. The van der Waals surface area contributed by atoms with Crippen LogP contribution in [-0.2, 0) is 5.41 Å². The van der Waals surface area contributed by atoms with E-state index in [1.54, 1.807) is 0 Å². The Hall–Kier alpha value is -0.210. The fraction of sp³-hybridized carbons (Fsp3) is 0.400. The Bertz CT molecular complexity index is 323. The molecule has 3 heteroatoms. The van der Waals surface area contributed by atoms with Crippen molar-refractivity contribution in [3.05, 3.63) is 28.2 Å². The molecule has 1 aromatic carbocycles. The summed E-state index contributed by atoms with van der Waals surface area (Å²) in [7, 11) is 0. The Morgan fingerprint density at radius 2 is 2.08 bits per heavy atom. The lowest BCUT2D eigenvalue weighted by molar-refractivity contribution is 0.586. The molecule has 0 aromatic heterocycles. The van der Waals surface area contributed by atoms with Gasteiger partial charge in [0.2, 0.25) is 0 Å². The van der Waals surface area contributed by atoms with Crippen LogP contribution in [0.5, 0.6) is 0 Å². The van der Waals surface area contributed by atoms with Gasteiger partial charge in [0.25, 0.3) is 0 Å². The monoisotopic (exact) mass is 261 g/mol. The third kappa shape index (κ3) is 1.70. The molecule has 0 amide bonds. The highest BCUT2D eigenvalue weighted by molar-refractivity contribution is 9.10. The largest absolute Gasteiger partial charge is 0.383 e. The third-order valence-electron chi connectivity index (χ3n) is 2.45. The summed E-state index contributed by atoms with van der Waals surface area (Å²) in [6.07, 6.45) is 0. The Labute approximate surface area is 93.5 Å². The number of hydrogen-bond acceptors (Lipinski definition) is 1. The van der Waals surface area contributed by atoms with E-state index in [0.717, 1.165) is 6.54 Å². The molecule has 0 atom stereocenters. The van der Waals surface area contributed by atoms with E-state index in [1.807, 2.05) is 0 Å². The van der Waals surface area contributed by atoms with Crippen LogP contribution < -0.4 is 5.32 Å². The standard InChI is InChI=1S/C10H12BrN.ClH/c1-10(2)6-12-9-7(10)4-3-5-8(9)11;/h3-5,12H,6H2,1-2H3;1H. The van der Waals surface area contributed by atoms with Crippen LogP contribution in [0, 0.1) is 0 Å². The second kappa shape index (κ2) is 3.50. The zero-order valence-corrected chi connectivity index (χ0v) is 10.1. The molecule has 1 nitrogen and oxygen atoms in total. The summed E-state index contributed by atoms with van der Waals surface area (Å²) in [4.78, 5) is 0. The van der Waals surface area contributed by atoms with Crippen molar-refractivity contribution in [1.29, 1.82) is 0 Å². The van der Waals surface area contributed by atoms with Gasteiger partial charge in [-0.25, -0.2) is 0 Å². The second-order valence-corrected chi connectivity index (χ2v) is 4.75. The van der Waals surface area contributed by atoms with Crippen molar-refractivity contribution in [3.63, 3.8) is 0 Å². The van der Waals surface area contributed by atoms with E-state index < -0.39 is 0 Å². The van der Waals surface area contributed by atoms with Crippen LogP contribution in [0.4, 0.5) is 5.69 Å². The van der Waals surface area contributed by atoms with Crippen LogP contribution in [0.2, 0.25) is 0 Å². The van der Waals surface area contributed by atoms with Gasteiger partial charge in [-0.05, 0) is 27.6 Å². The van der Waals surface area contributed by atoms with Crippen LogP contribution >= 0.6 is 28.3 Å². The minimum Gasteiger partial charge on any atom is -0.383 e. The number of nitrogens with one attached hydrogen (secondary N) is 1. The SMILES string of the molecule is CC1(C)CNc2c(Br)cccc21.Cl. The average Bonchev–Trinajstić information content (AvgIpc) is 2.30. The normalized spacial score (nSPS) is 17.2. The molecule has 72 valence electrons. The van der Waals surface area contributed by atoms with Gasteiger partial charge in [0, 0.05) is 16.4 Å². The zero-order chi connectivity index (χ0) is 8.77. The Morgan fingerprint density at radius 3 is 2.69 bits per heavy atom. The van der Waals surface area contributed by atoms with E-state index in [2.05, 4.69) is 53.3 Å². The highest BCUT2D eigenvalue weighted by Gasteiger charge is 2.30. The van der Waals surface area contributed by atoms with E-state index in [9.17, 15) is 0 Å². The van der Waals surface area contributed by atoms with Crippen molar-refractivity contribution in [2.24, 2.45) is 0 Å². The van der Waals surface area contributed by atoms with E-state index in [-0.39, 0.29) is 17.8 Å². The summed E-state index contributed by atoms with van der Waals surface area (Å²) in [5.41, 5.74) is 2.96. The zero-order valence-electron chi connectivity index (χ0n) is 7.73. The van der Waals surface area contributed by atoms with Crippen molar-refractivity contribution in [2.75, 3.05) is 11.9 Å². The first-order chi connectivity index (χ1) is 5.61. The number of hydrogen-bond donors (Lipinski definition) is 1. The molecule has 0 radical (unpaired) electrons. The van der Waals surface area contributed by atoms with Gasteiger partial charge in [-0.2, -0.15) is 0 Å². The summed E-state index contributed by atoms with van der Waals surface area (Å²) in [5.74, 6) is 0. The van der Waals surface area contributed by atoms with Crippen molar-refractivity contribution < 1.29 is 0 Å². The highest BCUT2D eigenvalue weighted by atomic mass is 79.9. The summed E-state index contributed by atoms with van der Waals surface area (Å²) in [6, 6.07) is 6.37. The predicted octanol–water partition coefficient (Wildman–Crippen LogP) is 3.57. The van der Waals surface area contributed by atoms with E-state index in [4.69, 9.17) is 0 Å². The molecule has 1 heterocycles. The van der Waals surface area contributed by atoms with Gasteiger partial charge in [-0.15, -0.1) is 12.4 Å². The molecular weight excluding hydrogens is 249 g/mol. The van der Waals surface area contributed by atoms with Gasteiger partial charge in [0.1, 0.15) is 0 Å². The maximum Gasteiger partial charge on any atom is 0.0523 e. The predicted molar refractivity (Wildman–Crippen MR) is 62.9 cm³/mol. The maximum atomic E-state index is 3.54. The number of fused-ring (bicyclic) bond motifs is 1. The third-order valence-corrected chi connectivity index (χ3v) is 3.11. The van der Waals surface area contributed by atoms with Crippen LogP contribution in [0.1, 0.15) is 19.4 Å². The molecule has 0 unspecified atom stereocenters. The van der Waals surface area contributed by atoms with Gasteiger partial charge >= 0.3 is 0 Å². The number of anilines is 1. The first-order valence-corrected chi connectivity index (χ1v) is 4.93. The lowest BCUT2D eigenvalue weighted by atomic mass is 9.87. The van der Waals surface area contributed by atoms with Gasteiger partial charge in [-0.3, -0.25) is 0 Å². The molecule has 0 saturated carbocycles. The molecule has 2 rings (SSSR count). The molecule has 1 aromatic rings. The topological polar surface area (TPSA) is 12.0 Å². The van der Waals surface area contributed by atoms with Crippen LogP contribution in [0.25, 0.3) is 0 Å². The van der Waals surface area contributed by atoms with Crippen molar-refractivity contribution >= 4 is 34.0 Å². The van der Waals surface area contributed by atoms with E-state index in [1.165, 1.54) is 15.7 Å². The lowest BCUT2D eigenvalue weighted by Gasteiger charge is -2.16. The van der Waals surface area contributed by atoms with Crippen molar-refractivity contribution in [3.8, 4) is 0 Å². The molecular formula is C10H13BrClN. The number of halogens is 2. The average molecular weight is 263 g/mol. The molecule has 1 aliphatic rings. The maximum absolute atomic E-state index is 3.54. The number of para-hydroxylation sites is 1. The van der Waals surface area contributed by atoms with Gasteiger partial charge < -0.3 is 5.32 Å².